The number of hydrogen-bond donors (Lipinski definition) is 1. The fourth-order valence-electron chi connectivity index (χ4n) is 4.32. The van der Waals surface area contributed by atoms with Crippen molar-refractivity contribution in [3.63, 3.8) is 0 Å². The quantitative estimate of drug-likeness (QED) is 0.322. The smallest absolute Gasteiger partial charge is 0.138 e. The molecule has 0 spiro atoms. The largest absolute Gasteiger partial charge is 0.489 e. The van der Waals surface area contributed by atoms with E-state index in [0.717, 1.165) is 55.1 Å². The molecule has 0 amide bonds. The predicted octanol–water partition coefficient (Wildman–Crippen LogP) is 5.91. The third-order valence-corrected chi connectivity index (χ3v) is 5.92. The Balaban J connectivity index is 1.27. The van der Waals surface area contributed by atoms with Gasteiger partial charge >= 0.3 is 0 Å². The lowest BCUT2D eigenvalue weighted by Crippen LogP contribution is -2.25. The Hall–Kier alpha value is -4.22. The van der Waals surface area contributed by atoms with Gasteiger partial charge in [0.25, 0.3) is 0 Å². The van der Waals surface area contributed by atoms with E-state index in [0.29, 0.717) is 0 Å². The molecule has 4 aromatic carbocycles. The average Bonchev–Trinajstić information content (AvgIpc) is 2.89. The molecule has 0 bridgehead atoms. The molecular weight excluding hydrogens is 424 g/mol. The van der Waals surface area contributed by atoms with Crippen LogP contribution in [0.5, 0.6) is 11.5 Å². The molecule has 5 nitrogen and oxygen atoms in total. The molecule has 34 heavy (non-hydrogen) atoms. The highest BCUT2D eigenvalue weighted by atomic mass is 16.5. The van der Waals surface area contributed by atoms with E-state index in [1.54, 1.807) is 0 Å². The first-order valence-electron chi connectivity index (χ1n) is 11.3. The van der Waals surface area contributed by atoms with Crippen molar-refractivity contribution in [2.45, 2.75) is 6.10 Å². The molecule has 6 rings (SSSR count). The van der Waals surface area contributed by atoms with Gasteiger partial charge in [-0.25, -0.2) is 9.97 Å². The minimum atomic E-state index is -0.823. The van der Waals surface area contributed by atoms with E-state index in [4.69, 9.17) is 19.4 Å². The highest BCUT2D eigenvalue weighted by Gasteiger charge is 2.15. The third-order valence-electron chi connectivity index (χ3n) is 5.92. The van der Waals surface area contributed by atoms with Gasteiger partial charge in [0.2, 0.25) is 0 Å². The molecule has 0 atom stereocenters. The van der Waals surface area contributed by atoms with Gasteiger partial charge in [-0.1, -0.05) is 48.5 Å². The van der Waals surface area contributed by atoms with Crippen molar-refractivity contribution in [1.82, 2.24) is 9.97 Å². The van der Waals surface area contributed by atoms with Crippen LogP contribution < -0.4 is 9.47 Å². The van der Waals surface area contributed by atoms with E-state index in [9.17, 15) is 5.11 Å². The van der Waals surface area contributed by atoms with Crippen molar-refractivity contribution in [3.8, 4) is 11.5 Å². The van der Waals surface area contributed by atoms with Crippen LogP contribution in [0.1, 0.15) is 0 Å². The number of hydrogen-bond acceptors (Lipinski definition) is 5. The summed E-state index contributed by atoms with van der Waals surface area (Å²) in [5, 5.41) is 14.4. The van der Waals surface area contributed by atoms with Gasteiger partial charge in [-0.15, -0.1) is 0 Å². The van der Waals surface area contributed by atoms with Gasteiger partial charge in [-0.2, -0.15) is 0 Å². The molecule has 0 saturated carbocycles. The van der Waals surface area contributed by atoms with Crippen LogP contribution in [0.15, 0.2) is 97.1 Å². The lowest BCUT2D eigenvalue weighted by molar-refractivity contribution is 0.0647. The maximum Gasteiger partial charge on any atom is 0.138 e. The number of aliphatic hydroxyl groups is 1. The van der Waals surface area contributed by atoms with Gasteiger partial charge < -0.3 is 14.6 Å². The van der Waals surface area contributed by atoms with Crippen LogP contribution in [-0.4, -0.2) is 34.4 Å². The van der Waals surface area contributed by atoms with E-state index in [1.165, 1.54) is 0 Å². The summed E-state index contributed by atoms with van der Waals surface area (Å²) >= 11 is 0. The number of pyridine rings is 2. The second-order valence-corrected chi connectivity index (χ2v) is 8.23. The van der Waals surface area contributed by atoms with Gasteiger partial charge in [-0.05, 0) is 48.5 Å². The van der Waals surface area contributed by atoms with Crippen LogP contribution >= 0.6 is 0 Å². The summed E-state index contributed by atoms with van der Waals surface area (Å²) in [5.74, 6) is 1.44. The third kappa shape index (κ3) is 3.66. The van der Waals surface area contributed by atoms with Crippen LogP contribution in [0.3, 0.4) is 0 Å². The van der Waals surface area contributed by atoms with Gasteiger partial charge in [-0.3, -0.25) is 0 Å². The van der Waals surface area contributed by atoms with Crippen LogP contribution in [0.4, 0.5) is 0 Å². The Labute approximate surface area is 196 Å². The Kier molecular flexibility index (Phi) is 5.17. The number of fused-ring (bicyclic) bond motifs is 4. The van der Waals surface area contributed by atoms with Crippen molar-refractivity contribution < 1.29 is 14.6 Å². The molecular formula is C29H22N2O3. The highest BCUT2D eigenvalue weighted by molar-refractivity contribution is 6.01. The van der Waals surface area contributed by atoms with Crippen LogP contribution in [0, 0.1) is 0 Å². The zero-order chi connectivity index (χ0) is 22.9. The normalized spacial score (nSPS) is 11.6. The summed E-state index contributed by atoms with van der Waals surface area (Å²) in [6.07, 6.45) is -0.823. The van der Waals surface area contributed by atoms with Gasteiger partial charge in [0.05, 0.1) is 22.1 Å². The Bertz CT molecular complexity index is 1420. The number of nitrogens with zero attached hydrogens (tertiary/aromatic N) is 2. The average molecular weight is 447 g/mol. The molecule has 5 heteroatoms. The van der Waals surface area contributed by atoms with Crippen LogP contribution in [-0.2, 0) is 0 Å². The number of para-hydroxylation sites is 4. The predicted molar refractivity (Wildman–Crippen MR) is 135 cm³/mol. The van der Waals surface area contributed by atoms with E-state index < -0.39 is 6.10 Å². The molecule has 0 radical (unpaired) electrons. The van der Waals surface area contributed by atoms with Crippen LogP contribution in [0.2, 0.25) is 0 Å². The molecule has 2 heterocycles. The van der Waals surface area contributed by atoms with Gasteiger partial charge in [0.15, 0.2) is 0 Å². The van der Waals surface area contributed by atoms with Crippen molar-refractivity contribution in [2.75, 3.05) is 13.2 Å². The lowest BCUT2D eigenvalue weighted by atomic mass is 10.1. The van der Waals surface area contributed by atoms with Crippen LogP contribution in [0.25, 0.3) is 43.6 Å². The molecule has 1 N–H and O–H groups in total. The fourth-order valence-corrected chi connectivity index (χ4v) is 4.32. The lowest BCUT2D eigenvalue weighted by Gasteiger charge is -2.18. The SMILES string of the molecule is OC(COc1c2ccccc2nc2ccccc12)COc1c2ccccc2nc2ccccc12. The molecule has 166 valence electrons. The Morgan fingerprint density at radius 2 is 0.794 bits per heavy atom. The maximum atomic E-state index is 10.8. The zero-order valence-electron chi connectivity index (χ0n) is 18.4. The van der Waals surface area contributed by atoms with Crippen molar-refractivity contribution in [1.29, 1.82) is 0 Å². The van der Waals surface area contributed by atoms with Crippen molar-refractivity contribution in [3.05, 3.63) is 97.1 Å². The summed E-state index contributed by atoms with van der Waals surface area (Å²) < 4.78 is 12.4. The van der Waals surface area contributed by atoms with Crippen molar-refractivity contribution >= 4 is 43.6 Å². The minimum absolute atomic E-state index is 0.0962. The maximum absolute atomic E-state index is 10.8. The first kappa shape index (κ1) is 20.4. The topological polar surface area (TPSA) is 64.5 Å². The van der Waals surface area contributed by atoms with Gasteiger partial charge in [0, 0.05) is 21.5 Å². The molecule has 0 aliphatic carbocycles. The summed E-state index contributed by atoms with van der Waals surface area (Å²) in [4.78, 5) is 9.45. The van der Waals surface area contributed by atoms with E-state index >= 15 is 0 Å². The molecule has 2 aromatic heterocycles. The molecule has 0 aliphatic heterocycles. The first-order chi connectivity index (χ1) is 16.8. The van der Waals surface area contributed by atoms with Crippen molar-refractivity contribution in [2.24, 2.45) is 0 Å². The Morgan fingerprint density at radius 3 is 1.12 bits per heavy atom. The van der Waals surface area contributed by atoms with E-state index in [2.05, 4.69) is 0 Å². The summed E-state index contributed by atoms with van der Waals surface area (Å²) in [5.41, 5.74) is 3.43. The minimum Gasteiger partial charge on any atom is -0.489 e. The number of aromatic nitrogens is 2. The fraction of sp³-hybridized carbons (Fsp3) is 0.103. The molecule has 0 saturated heterocycles. The van der Waals surface area contributed by atoms with E-state index in [1.807, 2.05) is 97.1 Å². The Morgan fingerprint density at radius 1 is 0.500 bits per heavy atom. The molecule has 0 unspecified atom stereocenters. The van der Waals surface area contributed by atoms with E-state index in [-0.39, 0.29) is 13.2 Å². The summed E-state index contributed by atoms with van der Waals surface area (Å²) in [7, 11) is 0. The number of ether oxygens (including phenoxy) is 2. The number of aliphatic hydroxyl groups excluding tert-OH is 1. The highest BCUT2D eigenvalue weighted by Crippen LogP contribution is 2.34. The van der Waals surface area contributed by atoms with Gasteiger partial charge in [0.1, 0.15) is 30.8 Å². The zero-order valence-corrected chi connectivity index (χ0v) is 18.4. The summed E-state index contributed by atoms with van der Waals surface area (Å²) in [6.45, 7) is 0.192. The molecule has 6 aromatic rings. The standard InChI is InChI=1S/C29H22N2O3/c32-19(17-33-28-20-9-1-5-13-24(20)30-25-14-6-2-10-21(25)28)18-34-29-22-11-3-7-15-26(22)31-27-16-8-4-12-23(27)29/h1-16,19,32H,17-18H2. The molecule has 0 aliphatic rings. The summed E-state index contributed by atoms with van der Waals surface area (Å²) in [6, 6.07) is 31.5. The second-order valence-electron chi connectivity index (χ2n) is 8.23. The first-order valence-corrected chi connectivity index (χ1v) is 11.3. The molecule has 0 fully saturated rings. The second kappa shape index (κ2) is 8.61. The number of rotatable bonds is 6. The number of benzene rings is 4. The monoisotopic (exact) mass is 446 g/mol.